The van der Waals surface area contributed by atoms with Gasteiger partial charge in [0.2, 0.25) is 5.91 Å². The summed E-state index contributed by atoms with van der Waals surface area (Å²) in [6.45, 7) is 4.78. The number of nitrogens with zero attached hydrogens (tertiary/aromatic N) is 1. The molecule has 2 N–H and O–H groups in total. The second-order valence-electron chi connectivity index (χ2n) is 12.6. The Morgan fingerprint density at radius 1 is 1.02 bits per heavy atom. The molecule has 0 saturated heterocycles. The number of aryl methyl sites for hydroxylation is 1. The third-order valence-electron chi connectivity index (χ3n) is 8.60. The smallest absolute Gasteiger partial charge is 0.434 e. The van der Waals surface area contributed by atoms with Crippen LogP contribution in [0.25, 0.3) is 0 Å². The Balaban J connectivity index is 2.22. The summed E-state index contributed by atoms with van der Waals surface area (Å²) in [6.07, 6.45) is 9.56. The van der Waals surface area contributed by atoms with Crippen molar-refractivity contribution in [3.8, 4) is 0 Å². The molecule has 0 aromatic heterocycles. The van der Waals surface area contributed by atoms with Crippen molar-refractivity contribution in [1.29, 1.82) is 0 Å². The Hall–Kier alpha value is -4.17. The zero-order chi connectivity index (χ0) is 37.3. The first-order valence-corrected chi connectivity index (χ1v) is 17.8. The van der Waals surface area contributed by atoms with Gasteiger partial charge in [0, 0.05) is 44.9 Å². The second kappa shape index (κ2) is 24.9. The van der Waals surface area contributed by atoms with Crippen molar-refractivity contribution in [2.45, 2.75) is 102 Å². The lowest BCUT2D eigenvalue weighted by Crippen LogP contribution is -2.37. The molecule has 1 aromatic carbocycles. The number of nitrogens with one attached hydrogen (secondary N) is 1. The van der Waals surface area contributed by atoms with Crippen molar-refractivity contribution in [3.63, 3.8) is 0 Å². The van der Waals surface area contributed by atoms with Gasteiger partial charge >= 0.3 is 12.3 Å². The van der Waals surface area contributed by atoms with Gasteiger partial charge in [-0.2, -0.15) is 0 Å². The van der Waals surface area contributed by atoms with E-state index in [0.717, 1.165) is 12.0 Å². The van der Waals surface area contributed by atoms with Crippen molar-refractivity contribution in [2.75, 3.05) is 40.1 Å². The van der Waals surface area contributed by atoms with Crippen LogP contribution in [0.15, 0.2) is 54.6 Å². The molecule has 0 aliphatic heterocycles. The van der Waals surface area contributed by atoms with Crippen LogP contribution in [-0.4, -0.2) is 86.3 Å². The Kier molecular flexibility index (Phi) is 21.0. The van der Waals surface area contributed by atoms with E-state index >= 15 is 0 Å². The fourth-order valence-electron chi connectivity index (χ4n) is 5.97. The molecule has 14 heteroatoms. The third-order valence-corrected chi connectivity index (χ3v) is 8.60. The monoisotopic (exact) mass is 720 g/mol. The molecular weight excluding hydrogens is 664 g/mol. The van der Waals surface area contributed by atoms with Gasteiger partial charge in [0.25, 0.3) is 5.09 Å². The Bertz CT molecular complexity index is 1230. The molecule has 1 saturated carbocycles. The predicted octanol–water partition coefficient (Wildman–Crippen LogP) is 6.27. The van der Waals surface area contributed by atoms with Crippen LogP contribution < -0.4 is 5.32 Å². The summed E-state index contributed by atoms with van der Waals surface area (Å²) in [6, 6.07) is 9.82. The fraction of sp³-hybridized carbons (Fsp3) is 0.649. The van der Waals surface area contributed by atoms with Crippen LogP contribution in [0.5, 0.6) is 0 Å². The number of carbonyl (C=O) groups excluding carboxylic acids is 3. The summed E-state index contributed by atoms with van der Waals surface area (Å²) < 4.78 is 27.5. The van der Waals surface area contributed by atoms with Gasteiger partial charge in [-0.15, -0.1) is 10.1 Å². The Morgan fingerprint density at radius 3 is 2.39 bits per heavy atom. The van der Waals surface area contributed by atoms with Crippen LogP contribution in [0.2, 0.25) is 0 Å². The van der Waals surface area contributed by atoms with E-state index in [2.05, 4.69) is 10.2 Å². The minimum atomic E-state index is -1.12. The van der Waals surface area contributed by atoms with Crippen LogP contribution in [-0.2, 0) is 39.7 Å². The van der Waals surface area contributed by atoms with Gasteiger partial charge in [0.15, 0.2) is 0 Å². The standard InChI is InChI=1S/C37H56N2O12/c1-4-38-34(41)19-11-6-5-10-18-32-31(23-22-30(40)21-20-29-16-8-7-9-17-29)33(50-35(42)47-25-14-15-27-49-39(44)45)28-37(32,2)51-36(43)48-26-13-12-24-46-3/h5,7-10,16-17,22-23,30-33,40H,4,6,11-15,18-21,24-28H2,1-3H3,(H,38,41)/b10-5-,23-22+/t30-,31+,32+,33+,37-/m0/s1. The van der Waals surface area contributed by atoms with Crippen molar-refractivity contribution in [1.82, 2.24) is 5.32 Å². The molecule has 1 amide bonds. The highest BCUT2D eigenvalue weighted by Crippen LogP contribution is 2.47. The molecule has 1 aliphatic carbocycles. The lowest BCUT2D eigenvalue weighted by Gasteiger charge is -2.31. The molecule has 1 aliphatic rings. The summed E-state index contributed by atoms with van der Waals surface area (Å²) in [5.41, 5.74) is -0.0272. The number of allylic oxidation sites excluding steroid dienone is 2. The molecule has 0 spiro atoms. The minimum Gasteiger partial charge on any atom is -0.434 e. The van der Waals surface area contributed by atoms with Crippen LogP contribution in [0, 0.1) is 22.0 Å². The normalized spacial score (nSPS) is 20.6. The van der Waals surface area contributed by atoms with E-state index in [9.17, 15) is 29.6 Å². The minimum absolute atomic E-state index is 0.00352. The van der Waals surface area contributed by atoms with Crippen LogP contribution in [0.4, 0.5) is 9.59 Å². The molecule has 1 aromatic rings. The number of benzene rings is 1. The lowest BCUT2D eigenvalue weighted by atomic mass is 9.83. The van der Waals surface area contributed by atoms with Crippen molar-refractivity contribution < 1.29 is 53.1 Å². The highest BCUT2D eigenvalue weighted by atomic mass is 16.9. The number of unbranched alkanes of at least 4 members (excludes halogenated alkanes) is 3. The largest absolute Gasteiger partial charge is 0.508 e. The SMILES string of the molecule is CCNC(=O)CCC/C=C\C[C@@H]1[C@@H](/C=C/[C@@H](O)CCc2ccccc2)[C@H](OC(=O)OCCCCO[N+](=O)[O-])C[C@]1(C)OC(=O)OCCCCOC. The van der Waals surface area contributed by atoms with E-state index in [-0.39, 0.29) is 38.1 Å². The molecule has 51 heavy (non-hydrogen) atoms. The van der Waals surface area contributed by atoms with E-state index < -0.39 is 41.1 Å². The summed E-state index contributed by atoms with van der Waals surface area (Å²) in [5.74, 6) is -0.860. The first-order chi connectivity index (χ1) is 24.6. The first-order valence-electron chi connectivity index (χ1n) is 17.8. The molecule has 0 radical (unpaired) electrons. The molecule has 14 nitrogen and oxygen atoms in total. The van der Waals surface area contributed by atoms with Gasteiger partial charge in [-0.05, 0) is 77.2 Å². The molecule has 0 unspecified atom stereocenters. The molecule has 1 fully saturated rings. The van der Waals surface area contributed by atoms with Crippen molar-refractivity contribution in [2.24, 2.45) is 11.8 Å². The number of ether oxygens (including phenoxy) is 5. The Morgan fingerprint density at radius 2 is 1.71 bits per heavy atom. The number of methoxy groups -OCH3 is 1. The number of rotatable bonds is 25. The lowest BCUT2D eigenvalue weighted by molar-refractivity contribution is -0.757. The molecule has 2 rings (SSSR count). The maximum absolute atomic E-state index is 12.9. The first kappa shape index (κ1) is 43.0. The number of amides is 1. The highest BCUT2D eigenvalue weighted by Gasteiger charge is 2.54. The summed E-state index contributed by atoms with van der Waals surface area (Å²) in [5, 5.41) is 23.2. The van der Waals surface area contributed by atoms with Crippen LogP contribution in [0.3, 0.4) is 0 Å². The van der Waals surface area contributed by atoms with Crippen LogP contribution >= 0.6 is 0 Å². The molecule has 0 bridgehead atoms. The third kappa shape index (κ3) is 18.1. The quantitative estimate of drug-likeness (QED) is 0.0380. The molecule has 5 atom stereocenters. The van der Waals surface area contributed by atoms with Gasteiger partial charge in [-0.25, -0.2) is 9.59 Å². The average molecular weight is 721 g/mol. The number of aliphatic hydroxyl groups excluding tert-OH is 1. The zero-order valence-electron chi connectivity index (χ0n) is 30.2. The summed E-state index contributed by atoms with van der Waals surface area (Å²) in [7, 11) is 1.60. The van der Waals surface area contributed by atoms with Crippen molar-refractivity contribution >= 4 is 18.2 Å². The number of aliphatic hydroxyl groups is 1. The Labute approximate surface area is 300 Å². The molecule has 0 heterocycles. The topological polar surface area (TPSA) is 182 Å². The van der Waals surface area contributed by atoms with Gasteiger partial charge < -0.3 is 38.9 Å². The molecular formula is C37H56N2O12. The maximum Gasteiger partial charge on any atom is 0.508 e. The van der Waals surface area contributed by atoms with E-state index in [1.165, 1.54) is 0 Å². The van der Waals surface area contributed by atoms with Gasteiger partial charge in [0.1, 0.15) is 11.7 Å². The predicted molar refractivity (Wildman–Crippen MR) is 188 cm³/mol. The van der Waals surface area contributed by atoms with E-state index in [1.807, 2.05) is 55.5 Å². The van der Waals surface area contributed by atoms with E-state index in [0.29, 0.717) is 70.9 Å². The number of hydrogen-bond donors (Lipinski definition) is 2. The zero-order valence-corrected chi connectivity index (χ0v) is 30.2. The summed E-state index contributed by atoms with van der Waals surface area (Å²) in [4.78, 5) is 52.2. The average Bonchev–Trinajstić information content (AvgIpc) is 3.34. The molecule has 286 valence electrons. The van der Waals surface area contributed by atoms with E-state index in [1.54, 1.807) is 20.1 Å². The van der Waals surface area contributed by atoms with Gasteiger partial charge in [-0.3, -0.25) is 4.79 Å². The summed E-state index contributed by atoms with van der Waals surface area (Å²) >= 11 is 0. The van der Waals surface area contributed by atoms with Gasteiger partial charge in [0.05, 0.1) is 25.9 Å². The highest BCUT2D eigenvalue weighted by molar-refractivity contribution is 5.75. The number of hydrogen-bond acceptors (Lipinski definition) is 12. The second-order valence-corrected chi connectivity index (χ2v) is 12.6. The van der Waals surface area contributed by atoms with Crippen molar-refractivity contribution in [3.05, 3.63) is 70.3 Å². The van der Waals surface area contributed by atoms with Gasteiger partial charge in [-0.1, -0.05) is 54.6 Å². The maximum atomic E-state index is 12.9. The van der Waals surface area contributed by atoms with E-state index in [4.69, 9.17) is 23.7 Å². The fourth-order valence-corrected chi connectivity index (χ4v) is 5.97. The number of carbonyl (C=O) groups is 3. The van der Waals surface area contributed by atoms with Crippen LogP contribution in [0.1, 0.15) is 83.6 Å².